The van der Waals surface area contributed by atoms with Gasteiger partial charge in [-0.15, -0.1) is 0 Å². The summed E-state index contributed by atoms with van der Waals surface area (Å²) in [6.45, 7) is 0.885. The maximum absolute atomic E-state index is 5.21. The smallest absolute Gasteiger partial charge is 0.228 e. The number of aromatic nitrogens is 3. The molecule has 0 spiro atoms. The van der Waals surface area contributed by atoms with Gasteiger partial charge >= 0.3 is 0 Å². The molecule has 1 aliphatic carbocycles. The molecule has 0 atom stereocenters. The fourth-order valence-corrected chi connectivity index (χ4v) is 2.11. The van der Waals surface area contributed by atoms with Crippen molar-refractivity contribution in [3.63, 3.8) is 0 Å². The average Bonchev–Trinajstić information content (AvgIpc) is 3.08. The zero-order valence-electron chi connectivity index (χ0n) is 9.77. The summed E-state index contributed by atoms with van der Waals surface area (Å²) in [7, 11) is 0. The van der Waals surface area contributed by atoms with Crippen molar-refractivity contribution < 1.29 is 4.52 Å². The minimum atomic E-state index is 0.531. The number of hydrogen-bond acceptors (Lipinski definition) is 5. The van der Waals surface area contributed by atoms with Crippen molar-refractivity contribution in [2.75, 3.05) is 6.54 Å². The first-order valence-electron chi connectivity index (χ1n) is 6.00. The molecular formula is C12H13BrN4O. The minimum absolute atomic E-state index is 0.531. The van der Waals surface area contributed by atoms with Crippen LogP contribution in [0.4, 0.5) is 0 Å². The van der Waals surface area contributed by atoms with E-state index in [1.807, 2.05) is 12.1 Å². The Morgan fingerprint density at radius 3 is 3.11 bits per heavy atom. The van der Waals surface area contributed by atoms with Crippen LogP contribution in [0.15, 0.2) is 27.3 Å². The number of rotatable bonds is 5. The van der Waals surface area contributed by atoms with Crippen LogP contribution in [0.5, 0.6) is 0 Å². The highest BCUT2D eigenvalue weighted by Crippen LogP contribution is 2.23. The highest BCUT2D eigenvalue weighted by molar-refractivity contribution is 9.10. The molecule has 0 radical (unpaired) electrons. The molecular weight excluding hydrogens is 296 g/mol. The Kier molecular flexibility index (Phi) is 3.38. The first kappa shape index (κ1) is 11.8. The van der Waals surface area contributed by atoms with Gasteiger partial charge in [0.25, 0.3) is 0 Å². The lowest BCUT2D eigenvalue weighted by atomic mass is 10.3. The molecule has 5 nitrogen and oxygen atoms in total. The van der Waals surface area contributed by atoms with E-state index in [4.69, 9.17) is 4.52 Å². The second kappa shape index (κ2) is 5.16. The second-order valence-electron chi connectivity index (χ2n) is 4.32. The molecule has 94 valence electrons. The lowest BCUT2D eigenvalue weighted by molar-refractivity contribution is 0.376. The van der Waals surface area contributed by atoms with Crippen LogP contribution >= 0.6 is 15.9 Å². The zero-order chi connectivity index (χ0) is 12.4. The molecule has 2 aromatic heterocycles. The van der Waals surface area contributed by atoms with Gasteiger partial charge in [-0.25, -0.2) is 0 Å². The summed E-state index contributed by atoms with van der Waals surface area (Å²) in [5.74, 6) is 1.18. The van der Waals surface area contributed by atoms with Crippen molar-refractivity contribution in [2.24, 2.45) is 0 Å². The van der Waals surface area contributed by atoms with Crippen LogP contribution < -0.4 is 5.32 Å². The normalized spacial score (nSPS) is 14.9. The van der Waals surface area contributed by atoms with E-state index in [1.165, 1.54) is 12.8 Å². The van der Waals surface area contributed by atoms with Gasteiger partial charge in [0, 0.05) is 29.7 Å². The molecule has 0 amide bonds. The molecule has 2 aromatic rings. The largest absolute Gasteiger partial charge is 0.339 e. The van der Waals surface area contributed by atoms with E-state index in [2.05, 4.69) is 36.4 Å². The number of nitrogens with one attached hydrogen (secondary N) is 1. The molecule has 3 rings (SSSR count). The zero-order valence-corrected chi connectivity index (χ0v) is 11.4. The third-order valence-corrected chi connectivity index (χ3v) is 3.43. The standard InChI is InChI=1S/C12H13BrN4O/c13-9-2-1-6-15-11(9)12-16-10(18-17-12)5-7-14-8-3-4-8/h1-2,6,8,14H,3-5,7H2. The average molecular weight is 309 g/mol. The lowest BCUT2D eigenvalue weighted by Gasteiger charge is -1.97. The quantitative estimate of drug-likeness (QED) is 0.917. The molecule has 1 saturated carbocycles. The van der Waals surface area contributed by atoms with E-state index >= 15 is 0 Å². The summed E-state index contributed by atoms with van der Waals surface area (Å²) in [4.78, 5) is 8.58. The Hall–Kier alpha value is -1.27. The van der Waals surface area contributed by atoms with Crippen LogP contribution in [0.2, 0.25) is 0 Å². The van der Waals surface area contributed by atoms with Crippen molar-refractivity contribution in [1.29, 1.82) is 0 Å². The molecule has 0 aromatic carbocycles. The summed E-state index contributed by atoms with van der Waals surface area (Å²) >= 11 is 3.43. The van der Waals surface area contributed by atoms with Crippen LogP contribution in [0.25, 0.3) is 11.5 Å². The summed E-state index contributed by atoms with van der Waals surface area (Å²) in [5.41, 5.74) is 0.711. The fraction of sp³-hybridized carbons (Fsp3) is 0.417. The van der Waals surface area contributed by atoms with E-state index in [1.54, 1.807) is 6.20 Å². The molecule has 2 heterocycles. The lowest BCUT2D eigenvalue weighted by Crippen LogP contribution is -2.19. The third-order valence-electron chi connectivity index (χ3n) is 2.79. The maximum atomic E-state index is 5.21. The number of pyridine rings is 1. The Morgan fingerprint density at radius 1 is 1.44 bits per heavy atom. The Balaban J connectivity index is 1.66. The van der Waals surface area contributed by atoms with Gasteiger partial charge in [0.1, 0.15) is 5.69 Å². The van der Waals surface area contributed by atoms with Crippen molar-refractivity contribution in [3.05, 3.63) is 28.7 Å². The maximum Gasteiger partial charge on any atom is 0.228 e. The van der Waals surface area contributed by atoms with Gasteiger partial charge in [-0.1, -0.05) is 5.16 Å². The predicted octanol–water partition coefficient (Wildman–Crippen LogP) is 2.19. The summed E-state index contributed by atoms with van der Waals surface area (Å²) in [5, 5.41) is 7.37. The van der Waals surface area contributed by atoms with E-state index in [0.717, 1.165) is 17.4 Å². The third kappa shape index (κ3) is 2.76. The second-order valence-corrected chi connectivity index (χ2v) is 5.18. The summed E-state index contributed by atoms with van der Waals surface area (Å²) in [6, 6.07) is 4.47. The molecule has 1 fully saturated rings. The van der Waals surface area contributed by atoms with Gasteiger partial charge < -0.3 is 9.84 Å². The van der Waals surface area contributed by atoms with E-state index in [-0.39, 0.29) is 0 Å². The number of halogens is 1. The van der Waals surface area contributed by atoms with Crippen LogP contribution in [0, 0.1) is 0 Å². The molecule has 0 aliphatic heterocycles. The van der Waals surface area contributed by atoms with Crippen LogP contribution in [-0.4, -0.2) is 27.7 Å². The topological polar surface area (TPSA) is 63.8 Å². The number of nitrogens with zero attached hydrogens (tertiary/aromatic N) is 3. The van der Waals surface area contributed by atoms with E-state index < -0.39 is 0 Å². The first-order valence-corrected chi connectivity index (χ1v) is 6.79. The first-order chi connectivity index (χ1) is 8.83. The highest BCUT2D eigenvalue weighted by atomic mass is 79.9. The van der Waals surface area contributed by atoms with E-state index in [0.29, 0.717) is 23.5 Å². The molecule has 1 N–H and O–H groups in total. The van der Waals surface area contributed by atoms with Gasteiger partial charge in [0.05, 0.1) is 0 Å². The van der Waals surface area contributed by atoms with Crippen molar-refractivity contribution in [2.45, 2.75) is 25.3 Å². The molecule has 0 unspecified atom stereocenters. The van der Waals surface area contributed by atoms with E-state index in [9.17, 15) is 0 Å². The highest BCUT2D eigenvalue weighted by Gasteiger charge is 2.20. The SMILES string of the molecule is Brc1cccnc1-c1noc(CCNC2CC2)n1. The van der Waals surface area contributed by atoms with Crippen LogP contribution in [0.1, 0.15) is 18.7 Å². The van der Waals surface area contributed by atoms with Crippen molar-refractivity contribution in [3.8, 4) is 11.5 Å². The summed E-state index contributed by atoms with van der Waals surface area (Å²) < 4.78 is 6.08. The predicted molar refractivity (Wildman–Crippen MR) is 70.0 cm³/mol. The fourth-order valence-electron chi connectivity index (χ4n) is 1.67. The molecule has 0 saturated heterocycles. The Morgan fingerprint density at radius 2 is 2.33 bits per heavy atom. The molecule has 6 heteroatoms. The Labute approximate surface area is 113 Å². The van der Waals surface area contributed by atoms with Crippen LogP contribution in [-0.2, 0) is 6.42 Å². The summed E-state index contributed by atoms with van der Waals surface area (Å²) in [6.07, 6.45) is 5.05. The van der Waals surface area contributed by atoms with Gasteiger partial charge in [-0.05, 0) is 40.9 Å². The van der Waals surface area contributed by atoms with Crippen LogP contribution in [0.3, 0.4) is 0 Å². The van der Waals surface area contributed by atoms with Gasteiger partial charge in [-0.2, -0.15) is 4.98 Å². The Bertz CT molecular complexity index is 538. The van der Waals surface area contributed by atoms with Gasteiger partial charge in [0.15, 0.2) is 0 Å². The number of hydrogen-bond donors (Lipinski definition) is 1. The van der Waals surface area contributed by atoms with Gasteiger partial charge in [0.2, 0.25) is 11.7 Å². The monoisotopic (exact) mass is 308 g/mol. The molecule has 0 bridgehead atoms. The minimum Gasteiger partial charge on any atom is -0.339 e. The van der Waals surface area contributed by atoms with Gasteiger partial charge in [-0.3, -0.25) is 4.98 Å². The van der Waals surface area contributed by atoms with Crippen molar-refractivity contribution >= 4 is 15.9 Å². The molecule has 18 heavy (non-hydrogen) atoms. The molecule has 1 aliphatic rings. The van der Waals surface area contributed by atoms with Crippen molar-refractivity contribution in [1.82, 2.24) is 20.4 Å².